The molecular formula is C35H49N3O11S. The molecule has 0 aliphatic carbocycles. The number of nitrogens with zero attached hydrogens (tertiary/aromatic N) is 2. The Morgan fingerprint density at radius 3 is 2.24 bits per heavy atom. The van der Waals surface area contributed by atoms with Crippen LogP contribution in [0.2, 0.25) is 0 Å². The second kappa shape index (κ2) is 18.8. The largest absolute Gasteiger partial charge is 0.466 e. The van der Waals surface area contributed by atoms with Crippen LogP contribution in [0.4, 0.5) is 10.5 Å². The fourth-order valence-electron chi connectivity index (χ4n) is 5.11. The van der Waals surface area contributed by atoms with E-state index in [1.807, 2.05) is 25.1 Å². The molecule has 0 spiro atoms. The monoisotopic (exact) mass is 719 g/mol. The van der Waals surface area contributed by atoms with Gasteiger partial charge in [-0.15, -0.1) is 0 Å². The zero-order chi connectivity index (χ0) is 36.9. The van der Waals surface area contributed by atoms with Gasteiger partial charge in [0.1, 0.15) is 6.61 Å². The fraction of sp³-hybridized carbons (Fsp3) is 0.543. The normalized spacial score (nSPS) is 15.2. The number of rotatable bonds is 11. The molecule has 0 bridgehead atoms. The van der Waals surface area contributed by atoms with Crippen LogP contribution in [-0.4, -0.2) is 99.0 Å². The molecule has 0 unspecified atom stereocenters. The van der Waals surface area contributed by atoms with Crippen molar-refractivity contribution in [2.24, 2.45) is 5.41 Å². The van der Waals surface area contributed by atoms with Gasteiger partial charge in [0.05, 0.1) is 29.4 Å². The topological polar surface area (TPSA) is 178 Å². The number of hydrogen-bond acceptors (Lipinski definition) is 11. The molecule has 0 atom stereocenters. The lowest BCUT2D eigenvalue weighted by Gasteiger charge is -2.31. The third-order valence-electron chi connectivity index (χ3n) is 7.97. The molecule has 2 heterocycles. The predicted molar refractivity (Wildman–Crippen MR) is 184 cm³/mol. The molecule has 2 aliphatic rings. The average Bonchev–Trinajstić information content (AvgIpc) is 3.06. The number of amides is 2. The third kappa shape index (κ3) is 13.7. The highest BCUT2D eigenvalue weighted by Crippen LogP contribution is 2.23. The number of carbonyl (C=O) groups is 4. The molecule has 0 saturated carbocycles. The van der Waals surface area contributed by atoms with E-state index in [0.29, 0.717) is 51.2 Å². The standard InChI is InChI=1S/C28H41N3O8.C7H8O3S/c1-5-36-25(33)11-13-30-12-8-20-6-7-22(16-21(20)17-30)29-24(32)18-37-23-9-14-31(15-10-23)27(35)39-19-38-26(34)28(2,3)4;1-6-2-4-7(5-3-6)11(8,9)10/h6-7,16,23H,5,8-15,17-19H2,1-4H3,(H,29,32);2-5H,1H3,(H,8,9,10). The van der Waals surface area contributed by atoms with Gasteiger partial charge in [-0.1, -0.05) is 23.8 Å². The molecule has 4 rings (SSSR count). The number of piperidine rings is 1. The maximum atomic E-state index is 12.5. The second-order valence-corrected chi connectivity index (χ2v) is 14.5. The van der Waals surface area contributed by atoms with Crippen LogP contribution in [0.3, 0.4) is 0 Å². The minimum atomic E-state index is -4.02. The molecule has 0 radical (unpaired) electrons. The van der Waals surface area contributed by atoms with Crippen molar-refractivity contribution in [3.63, 3.8) is 0 Å². The first-order valence-corrected chi connectivity index (χ1v) is 18.0. The zero-order valence-electron chi connectivity index (χ0n) is 29.4. The minimum absolute atomic E-state index is 0.0666. The number of benzene rings is 2. The summed E-state index contributed by atoms with van der Waals surface area (Å²) in [5.74, 6) is -0.870. The molecule has 2 aliphatic heterocycles. The number of aryl methyl sites for hydroxylation is 1. The van der Waals surface area contributed by atoms with Gasteiger partial charge in [-0.05, 0) is 89.3 Å². The van der Waals surface area contributed by atoms with E-state index in [9.17, 15) is 27.6 Å². The van der Waals surface area contributed by atoms with Crippen LogP contribution in [0.25, 0.3) is 0 Å². The molecule has 2 aromatic carbocycles. The van der Waals surface area contributed by atoms with Gasteiger partial charge in [0.2, 0.25) is 12.7 Å². The van der Waals surface area contributed by atoms with Crippen molar-refractivity contribution in [2.45, 2.75) is 77.8 Å². The quantitative estimate of drug-likeness (QED) is 0.191. The van der Waals surface area contributed by atoms with E-state index >= 15 is 0 Å². The minimum Gasteiger partial charge on any atom is -0.466 e. The molecule has 15 heteroatoms. The van der Waals surface area contributed by atoms with Crippen LogP contribution in [0.15, 0.2) is 47.4 Å². The first-order valence-electron chi connectivity index (χ1n) is 16.6. The van der Waals surface area contributed by atoms with Gasteiger partial charge in [-0.25, -0.2) is 4.79 Å². The number of ether oxygens (including phenoxy) is 4. The summed E-state index contributed by atoms with van der Waals surface area (Å²) in [5.41, 5.74) is 3.38. The number of hydrogen-bond donors (Lipinski definition) is 2. The Bertz CT molecular complexity index is 1570. The van der Waals surface area contributed by atoms with Crippen LogP contribution in [0.1, 0.15) is 63.6 Å². The van der Waals surface area contributed by atoms with Crippen molar-refractivity contribution in [1.82, 2.24) is 9.80 Å². The van der Waals surface area contributed by atoms with E-state index in [4.69, 9.17) is 23.5 Å². The van der Waals surface area contributed by atoms with Crippen molar-refractivity contribution in [3.8, 4) is 0 Å². The van der Waals surface area contributed by atoms with E-state index in [1.165, 1.54) is 22.6 Å². The summed E-state index contributed by atoms with van der Waals surface area (Å²) in [4.78, 5) is 51.8. The lowest BCUT2D eigenvalue weighted by atomic mass is 9.98. The van der Waals surface area contributed by atoms with Crippen LogP contribution in [0, 0.1) is 12.3 Å². The Labute approximate surface area is 294 Å². The first kappa shape index (κ1) is 40.4. The van der Waals surface area contributed by atoms with Crippen molar-refractivity contribution in [2.75, 3.05) is 51.5 Å². The Balaban J connectivity index is 0.000000521. The highest BCUT2D eigenvalue weighted by Gasteiger charge is 2.27. The molecule has 14 nitrogen and oxygen atoms in total. The summed E-state index contributed by atoms with van der Waals surface area (Å²) in [7, 11) is -4.02. The van der Waals surface area contributed by atoms with Gasteiger partial charge in [-0.3, -0.25) is 23.8 Å². The maximum absolute atomic E-state index is 12.5. The first-order chi connectivity index (χ1) is 23.5. The Morgan fingerprint density at radius 1 is 0.940 bits per heavy atom. The van der Waals surface area contributed by atoms with Crippen LogP contribution in [-0.2, 0) is 56.4 Å². The predicted octanol–water partition coefficient (Wildman–Crippen LogP) is 4.34. The molecular weight excluding hydrogens is 670 g/mol. The third-order valence-corrected chi connectivity index (χ3v) is 8.84. The number of esters is 2. The lowest BCUT2D eigenvalue weighted by molar-refractivity contribution is -0.162. The molecule has 50 heavy (non-hydrogen) atoms. The Kier molecular flexibility index (Phi) is 15.2. The van der Waals surface area contributed by atoms with E-state index in [-0.39, 0.29) is 29.5 Å². The smallest absolute Gasteiger partial charge is 0.412 e. The summed E-state index contributed by atoms with van der Waals surface area (Å²) in [6, 6.07) is 11.9. The highest BCUT2D eigenvalue weighted by molar-refractivity contribution is 7.85. The highest BCUT2D eigenvalue weighted by atomic mass is 32.2. The van der Waals surface area contributed by atoms with Gasteiger partial charge in [0, 0.05) is 38.4 Å². The van der Waals surface area contributed by atoms with E-state index in [1.54, 1.807) is 39.8 Å². The van der Waals surface area contributed by atoms with E-state index in [2.05, 4.69) is 10.2 Å². The molecule has 2 N–H and O–H groups in total. The van der Waals surface area contributed by atoms with Crippen LogP contribution >= 0.6 is 0 Å². The number of anilines is 1. The van der Waals surface area contributed by atoms with Gasteiger partial charge in [0.25, 0.3) is 10.1 Å². The molecule has 2 amide bonds. The van der Waals surface area contributed by atoms with Gasteiger partial charge >= 0.3 is 18.0 Å². The Morgan fingerprint density at radius 2 is 1.62 bits per heavy atom. The van der Waals surface area contributed by atoms with Crippen LogP contribution < -0.4 is 5.32 Å². The lowest BCUT2D eigenvalue weighted by Crippen LogP contribution is -2.42. The molecule has 1 saturated heterocycles. The Hall–Kier alpha value is -4.05. The van der Waals surface area contributed by atoms with Crippen molar-refractivity contribution < 1.29 is 51.1 Å². The summed E-state index contributed by atoms with van der Waals surface area (Å²) < 4.78 is 50.4. The summed E-state index contributed by atoms with van der Waals surface area (Å²) in [6.07, 6.45) is 1.72. The summed E-state index contributed by atoms with van der Waals surface area (Å²) in [6.45, 7) is 11.8. The number of fused-ring (bicyclic) bond motifs is 1. The molecule has 2 aromatic rings. The molecule has 1 fully saturated rings. The van der Waals surface area contributed by atoms with Gasteiger partial charge < -0.3 is 29.2 Å². The van der Waals surface area contributed by atoms with E-state index < -0.39 is 34.4 Å². The van der Waals surface area contributed by atoms with Gasteiger partial charge in [-0.2, -0.15) is 8.42 Å². The number of likely N-dealkylation sites (tertiary alicyclic amines) is 1. The summed E-state index contributed by atoms with van der Waals surface area (Å²) >= 11 is 0. The number of nitrogens with one attached hydrogen (secondary N) is 1. The average molecular weight is 720 g/mol. The van der Waals surface area contributed by atoms with E-state index in [0.717, 1.165) is 30.6 Å². The van der Waals surface area contributed by atoms with Crippen molar-refractivity contribution in [1.29, 1.82) is 0 Å². The van der Waals surface area contributed by atoms with Crippen LogP contribution in [0.5, 0.6) is 0 Å². The second-order valence-electron chi connectivity index (χ2n) is 13.1. The molecule has 276 valence electrons. The molecule has 0 aromatic heterocycles. The number of carbonyl (C=O) groups excluding carboxylic acids is 4. The van der Waals surface area contributed by atoms with Crippen molar-refractivity contribution >= 4 is 39.7 Å². The summed E-state index contributed by atoms with van der Waals surface area (Å²) in [5, 5.41) is 2.90. The maximum Gasteiger partial charge on any atom is 0.412 e. The van der Waals surface area contributed by atoms with Gasteiger partial charge in [0.15, 0.2) is 0 Å². The zero-order valence-corrected chi connectivity index (χ0v) is 30.3. The fourth-order valence-corrected chi connectivity index (χ4v) is 5.59. The van der Waals surface area contributed by atoms with Crippen molar-refractivity contribution in [3.05, 3.63) is 59.2 Å². The SMILES string of the molecule is CCOC(=O)CCN1CCc2ccc(NC(=O)COC3CCN(C(=O)OCOC(=O)C(C)(C)C)CC3)cc2C1.Cc1ccc(S(=O)(=O)O)cc1.